The maximum Gasteiger partial charge on any atom is 0.251 e. The van der Waals surface area contributed by atoms with Crippen molar-refractivity contribution < 1.29 is 14.4 Å². The Morgan fingerprint density at radius 3 is 2.42 bits per heavy atom. The number of rotatable bonds is 6. The Labute approximate surface area is 163 Å². The fraction of sp³-hybridized carbons (Fsp3) is 0.381. The molecule has 0 unspecified atom stereocenters. The van der Waals surface area contributed by atoms with E-state index >= 15 is 0 Å². The van der Waals surface area contributed by atoms with Crippen LogP contribution in [0.4, 0.5) is 0 Å². The first-order chi connectivity index (χ1) is 12.7. The molecule has 1 amide bonds. The van der Waals surface area contributed by atoms with Gasteiger partial charge in [-0.1, -0.05) is 24.3 Å². The number of halogens is 1. The van der Waals surface area contributed by atoms with E-state index in [9.17, 15) is 4.79 Å². The fourth-order valence-electron chi connectivity index (χ4n) is 3.38. The first kappa shape index (κ1) is 18.9. The van der Waals surface area contributed by atoms with Crippen LogP contribution < -0.4 is 15.0 Å². The summed E-state index contributed by atoms with van der Waals surface area (Å²) < 4.78 is 5.97. The largest absolute Gasteiger partial charge is 0.496 e. The quantitative estimate of drug-likeness (QED) is 0.758. The zero-order valence-electron chi connectivity index (χ0n) is 15.2. The van der Waals surface area contributed by atoms with Gasteiger partial charge in [0.2, 0.25) is 0 Å². The molecular formula is C21H26BrN2O2+. The lowest BCUT2D eigenvalue weighted by Crippen LogP contribution is -3.11. The van der Waals surface area contributed by atoms with E-state index in [2.05, 4.69) is 45.5 Å². The molecule has 1 heterocycles. The molecule has 2 aromatic rings. The van der Waals surface area contributed by atoms with Crippen molar-refractivity contribution in [1.29, 1.82) is 0 Å². The molecular weight excluding hydrogens is 392 g/mol. The average Bonchev–Trinajstić information content (AvgIpc) is 2.68. The van der Waals surface area contributed by atoms with Crippen molar-refractivity contribution in [3.05, 3.63) is 63.6 Å². The molecule has 0 bridgehead atoms. The van der Waals surface area contributed by atoms with Crippen LogP contribution in [0, 0.1) is 0 Å². The molecule has 4 nitrogen and oxygen atoms in total. The van der Waals surface area contributed by atoms with Gasteiger partial charge in [0, 0.05) is 17.7 Å². The number of benzene rings is 2. The van der Waals surface area contributed by atoms with Gasteiger partial charge in [-0.15, -0.1) is 0 Å². The van der Waals surface area contributed by atoms with Crippen molar-refractivity contribution in [2.24, 2.45) is 0 Å². The van der Waals surface area contributed by atoms with E-state index < -0.39 is 0 Å². The monoisotopic (exact) mass is 417 g/mol. The van der Waals surface area contributed by atoms with Crippen molar-refractivity contribution in [3.8, 4) is 5.75 Å². The summed E-state index contributed by atoms with van der Waals surface area (Å²) in [4.78, 5) is 14.0. The smallest absolute Gasteiger partial charge is 0.251 e. The molecule has 0 aromatic heterocycles. The Hall–Kier alpha value is -1.85. The van der Waals surface area contributed by atoms with Crippen molar-refractivity contribution in [2.75, 3.05) is 20.2 Å². The molecule has 2 N–H and O–H groups in total. The number of nitrogens with one attached hydrogen (secondary N) is 2. The van der Waals surface area contributed by atoms with E-state index in [4.69, 9.17) is 4.74 Å². The Balaban J connectivity index is 1.52. The van der Waals surface area contributed by atoms with E-state index in [0.717, 1.165) is 16.6 Å². The number of quaternary nitrogens is 1. The number of ether oxygens (including phenoxy) is 1. The summed E-state index contributed by atoms with van der Waals surface area (Å²) in [5.74, 6) is 0.628. The van der Waals surface area contributed by atoms with Gasteiger partial charge in [-0.3, -0.25) is 4.79 Å². The summed E-state index contributed by atoms with van der Waals surface area (Å²) >= 11 is 3.41. The van der Waals surface area contributed by atoms with E-state index in [1.165, 1.54) is 37.9 Å². The highest BCUT2D eigenvalue weighted by Crippen LogP contribution is 2.25. The van der Waals surface area contributed by atoms with Crippen LogP contribution in [0.1, 0.15) is 40.7 Å². The van der Waals surface area contributed by atoms with Crippen molar-refractivity contribution in [3.63, 3.8) is 0 Å². The summed E-state index contributed by atoms with van der Waals surface area (Å²) in [6, 6.07) is 13.9. The normalized spacial score (nSPS) is 14.8. The molecule has 0 radical (unpaired) electrons. The highest BCUT2D eigenvalue weighted by Gasteiger charge is 2.14. The molecule has 26 heavy (non-hydrogen) atoms. The van der Waals surface area contributed by atoms with E-state index in [-0.39, 0.29) is 5.91 Å². The van der Waals surface area contributed by atoms with Gasteiger partial charge in [-0.2, -0.15) is 0 Å². The molecule has 0 aliphatic carbocycles. The zero-order chi connectivity index (χ0) is 18.4. The molecule has 0 atom stereocenters. The highest BCUT2D eigenvalue weighted by molar-refractivity contribution is 9.10. The minimum atomic E-state index is -0.0878. The topological polar surface area (TPSA) is 42.8 Å². The van der Waals surface area contributed by atoms with Crippen molar-refractivity contribution >= 4 is 21.8 Å². The maximum absolute atomic E-state index is 12.3. The molecule has 0 saturated carbocycles. The van der Waals surface area contributed by atoms with Crippen LogP contribution in [0.3, 0.4) is 0 Å². The van der Waals surface area contributed by atoms with Crippen LogP contribution in [0.2, 0.25) is 0 Å². The van der Waals surface area contributed by atoms with Gasteiger partial charge >= 0.3 is 0 Å². The van der Waals surface area contributed by atoms with Crippen molar-refractivity contribution in [1.82, 2.24) is 5.32 Å². The third-order valence-corrected chi connectivity index (χ3v) is 5.52. The van der Waals surface area contributed by atoms with Gasteiger partial charge in [0.15, 0.2) is 0 Å². The number of likely N-dealkylation sites (tertiary alicyclic amines) is 1. The van der Waals surface area contributed by atoms with Crippen LogP contribution in [-0.2, 0) is 13.1 Å². The van der Waals surface area contributed by atoms with Gasteiger partial charge in [0.25, 0.3) is 5.91 Å². The number of methoxy groups -OCH3 is 1. The summed E-state index contributed by atoms with van der Waals surface area (Å²) in [6.07, 6.45) is 4.08. The molecule has 1 aliphatic rings. The number of hydrogen-bond acceptors (Lipinski definition) is 2. The molecule has 1 fully saturated rings. The summed E-state index contributed by atoms with van der Waals surface area (Å²) in [6.45, 7) is 4.20. The lowest BCUT2D eigenvalue weighted by atomic mass is 10.1. The van der Waals surface area contributed by atoms with Crippen LogP contribution in [-0.4, -0.2) is 26.1 Å². The summed E-state index contributed by atoms with van der Waals surface area (Å²) in [5.41, 5.74) is 3.10. The van der Waals surface area contributed by atoms with Gasteiger partial charge < -0.3 is 15.0 Å². The van der Waals surface area contributed by atoms with Crippen LogP contribution in [0.15, 0.2) is 46.9 Å². The second-order valence-corrected chi connectivity index (χ2v) is 7.69. The van der Waals surface area contributed by atoms with Gasteiger partial charge in [0.1, 0.15) is 12.3 Å². The standard InChI is InChI=1S/C21H25BrN2O2/c1-26-20-10-9-18(13-19(20)22)21(25)23-14-16-5-7-17(8-6-16)15-24-11-3-2-4-12-24/h5-10,13H,2-4,11-12,14-15H2,1H3,(H,23,25)/p+1. The fourth-order valence-corrected chi connectivity index (χ4v) is 3.92. The Morgan fingerprint density at radius 1 is 1.08 bits per heavy atom. The molecule has 1 aliphatic heterocycles. The SMILES string of the molecule is COc1ccc(C(=O)NCc2ccc(C[NH+]3CCCCC3)cc2)cc1Br. The van der Waals surface area contributed by atoms with Gasteiger partial charge in [-0.05, 0) is 59.0 Å². The predicted octanol–water partition coefficient (Wildman–Crippen LogP) is 2.96. The Bertz CT molecular complexity index is 740. The Kier molecular flexibility index (Phi) is 6.69. The number of carbonyl (C=O) groups excluding carboxylic acids is 1. The predicted molar refractivity (Wildman–Crippen MR) is 107 cm³/mol. The number of piperidine rings is 1. The van der Waals surface area contributed by atoms with Gasteiger partial charge in [-0.25, -0.2) is 0 Å². The van der Waals surface area contributed by atoms with E-state index in [0.29, 0.717) is 17.9 Å². The summed E-state index contributed by atoms with van der Waals surface area (Å²) in [5, 5.41) is 2.97. The minimum Gasteiger partial charge on any atom is -0.496 e. The lowest BCUT2D eigenvalue weighted by molar-refractivity contribution is -0.918. The lowest BCUT2D eigenvalue weighted by Gasteiger charge is -2.23. The van der Waals surface area contributed by atoms with E-state index in [1.807, 2.05) is 0 Å². The van der Waals surface area contributed by atoms with Gasteiger partial charge in [0.05, 0.1) is 24.7 Å². The first-order valence-electron chi connectivity index (χ1n) is 9.19. The number of carbonyl (C=O) groups is 1. The number of hydrogen-bond donors (Lipinski definition) is 2. The maximum atomic E-state index is 12.3. The Morgan fingerprint density at radius 2 is 1.77 bits per heavy atom. The molecule has 0 spiro atoms. The highest BCUT2D eigenvalue weighted by atomic mass is 79.9. The summed E-state index contributed by atoms with van der Waals surface area (Å²) in [7, 11) is 1.61. The van der Waals surface area contributed by atoms with Crippen LogP contribution in [0.25, 0.3) is 0 Å². The zero-order valence-corrected chi connectivity index (χ0v) is 16.8. The minimum absolute atomic E-state index is 0.0878. The van der Waals surface area contributed by atoms with Crippen molar-refractivity contribution in [2.45, 2.75) is 32.4 Å². The third kappa shape index (κ3) is 5.08. The second-order valence-electron chi connectivity index (χ2n) is 6.84. The molecule has 5 heteroatoms. The number of amides is 1. The first-order valence-corrected chi connectivity index (χ1v) is 9.98. The molecule has 138 valence electrons. The van der Waals surface area contributed by atoms with E-state index in [1.54, 1.807) is 30.2 Å². The second kappa shape index (κ2) is 9.19. The molecule has 3 rings (SSSR count). The molecule has 2 aromatic carbocycles. The average molecular weight is 418 g/mol. The third-order valence-electron chi connectivity index (χ3n) is 4.90. The van der Waals surface area contributed by atoms with Crippen LogP contribution in [0.5, 0.6) is 5.75 Å². The van der Waals surface area contributed by atoms with Crippen LogP contribution >= 0.6 is 15.9 Å². The molecule has 1 saturated heterocycles.